The first-order valence-electron chi connectivity index (χ1n) is 9.05. The second-order valence-electron chi connectivity index (χ2n) is 7.43. The van der Waals surface area contributed by atoms with Crippen LogP contribution in [0.3, 0.4) is 0 Å². The summed E-state index contributed by atoms with van der Waals surface area (Å²) in [4.78, 5) is 28.5. The maximum absolute atomic E-state index is 12.2. The van der Waals surface area contributed by atoms with E-state index in [0.29, 0.717) is 16.7 Å². The van der Waals surface area contributed by atoms with Crippen molar-refractivity contribution in [1.82, 2.24) is 10.1 Å². The summed E-state index contributed by atoms with van der Waals surface area (Å²) in [6.45, 7) is 6.03. The number of anilines is 2. The Morgan fingerprint density at radius 3 is 2.62 bits per heavy atom. The molecule has 2 heterocycles. The van der Waals surface area contributed by atoms with Crippen molar-refractivity contribution in [2.24, 2.45) is 0 Å². The van der Waals surface area contributed by atoms with Gasteiger partial charge >= 0.3 is 0 Å². The monoisotopic (exact) mass is 410 g/mol. The van der Waals surface area contributed by atoms with Crippen molar-refractivity contribution in [3.8, 4) is 0 Å². The Hall–Kier alpha value is -3.26. The van der Waals surface area contributed by atoms with Crippen molar-refractivity contribution in [2.45, 2.75) is 32.6 Å². The Bertz CT molecular complexity index is 1020. The number of hydrogen-bond acceptors (Lipinski definition) is 6. The molecule has 0 saturated heterocycles. The lowest BCUT2D eigenvalue weighted by Gasteiger charge is -2.12. The highest BCUT2D eigenvalue weighted by Gasteiger charge is 2.20. The van der Waals surface area contributed by atoms with E-state index in [0.717, 1.165) is 11.3 Å². The minimum Gasteiger partial charge on any atom is -0.338 e. The van der Waals surface area contributed by atoms with Gasteiger partial charge in [-0.2, -0.15) is 0 Å². The third-order valence-electron chi connectivity index (χ3n) is 3.89. The Kier molecular flexibility index (Phi) is 6.23. The van der Waals surface area contributed by atoms with Gasteiger partial charge in [-0.1, -0.05) is 56.3 Å². The molecule has 0 spiro atoms. The number of nitrogens with zero attached hydrogens (tertiary/aromatic N) is 2. The second kappa shape index (κ2) is 8.83. The highest BCUT2D eigenvalue weighted by molar-refractivity contribution is 7.14. The van der Waals surface area contributed by atoms with Crippen molar-refractivity contribution in [2.75, 3.05) is 10.6 Å². The molecule has 3 rings (SSSR count). The molecular formula is C21H22N4O3S. The van der Waals surface area contributed by atoms with Crippen LogP contribution in [0.25, 0.3) is 6.08 Å². The third kappa shape index (κ3) is 6.11. The van der Waals surface area contributed by atoms with E-state index in [4.69, 9.17) is 4.52 Å². The summed E-state index contributed by atoms with van der Waals surface area (Å²) in [5, 5.41) is 11.5. The number of amides is 2. The molecule has 0 aliphatic carbocycles. The molecule has 0 fully saturated rings. The number of thiazole rings is 1. The first-order valence-corrected chi connectivity index (χ1v) is 9.93. The van der Waals surface area contributed by atoms with E-state index < -0.39 is 0 Å². The minimum atomic E-state index is -0.282. The molecule has 0 bridgehead atoms. The number of carbonyl (C=O) groups excluding carboxylic acids is 2. The van der Waals surface area contributed by atoms with Gasteiger partial charge in [0.15, 0.2) is 5.13 Å². The Balaban J connectivity index is 1.52. The fourth-order valence-electron chi connectivity index (χ4n) is 2.36. The molecule has 29 heavy (non-hydrogen) atoms. The summed E-state index contributed by atoms with van der Waals surface area (Å²) >= 11 is 1.26. The maximum Gasteiger partial charge on any atom is 0.250 e. The molecule has 0 aliphatic rings. The van der Waals surface area contributed by atoms with Gasteiger partial charge < -0.3 is 4.52 Å². The predicted octanol–water partition coefficient (Wildman–Crippen LogP) is 4.26. The second-order valence-corrected chi connectivity index (χ2v) is 8.29. The van der Waals surface area contributed by atoms with Crippen LogP contribution < -0.4 is 10.6 Å². The normalized spacial score (nSPS) is 11.6. The van der Waals surface area contributed by atoms with Crippen LogP contribution >= 0.6 is 11.3 Å². The predicted molar refractivity (Wildman–Crippen MR) is 114 cm³/mol. The van der Waals surface area contributed by atoms with E-state index in [1.54, 1.807) is 17.5 Å². The van der Waals surface area contributed by atoms with Gasteiger partial charge in [0, 0.05) is 22.9 Å². The zero-order valence-corrected chi connectivity index (χ0v) is 17.2. The van der Waals surface area contributed by atoms with E-state index >= 15 is 0 Å². The summed E-state index contributed by atoms with van der Waals surface area (Å²) in [5.74, 6) is -0.251. The molecule has 8 heteroatoms. The number of aromatic nitrogens is 2. The largest absolute Gasteiger partial charge is 0.338 e. The Morgan fingerprint density at radius 2 is 1.93 bits per heavy atom. The number of hydrogen-bond donors (Lipinski definition) is 2. The van der Waals surface area contributed by atoms with E-state index in [-0.39, 0.29) is 23.7 Å². The van der Waals surface area contributed by atoms with Crippen molar-refractivity contribution in [1.29, 1.82) is 0 Å². The van der Waals surface area contributed by atoms with Crippen LogP contribution in [0.1, 0.15) is 37.7 Å². The molecule has 0 saturated carbocycles. The quantitative estimate of drug-likeness (QED) is 0.592. The average molecular weight is 410 g/mol. The third-order valence-corrected chi connectivity index (χ3v) is 4.70. The molecule has 0 atom stereocenters. The lowest BCUT2D eigenvalue weighted by molar-refractivity contribution is -0.115. The fourth-order valence-corrected chi connectivity index (χ4v) is 3.08. The SMILES string of the molecule is CC(C)(C)c1cc(NC(=O)Cc2csc(NC(=O)/C=C/c3ccccc3)n2)on1. The van der Waals surface area contributed by atoms with Gasteiger partial charge in [-0.3, -0.25) is 20.2 Å². The summed E-state index contributed by atoms with van der Waals surface area (Å²) < 4.78 is 5.16. The van der Waals surface area contributed by atoms with Crippen LogP contribution in [0, 0.1) is 0 Å². The number of rotatable bonds is 6. The van der Waals surface area contributed by atoms with Gasteiger partial charge in [-0.05, 0) is 11.6 Å². The smallest absolute Gasteiger partial charge is 0.250 e. The van der Waals surface area contributed by atoms with E-state index in [1.165, 1.54) is 17.4 Å². The van der Waals surface area contributed by atoms with Crippen LogP contribution in [0.4, 0.5) is 11.0 Å². The molecule has 0 aliphatic heterocycles. The lowest BCUT2D eigenvalue weighted by Crippen LogP contribution is -2.15. The van der Waals surface area contributed by atoms with Gasteiger partial charge in [-0.25, -0.2) is 4.98 Å². The van der Waals surface area contributed by atoms with Gasteiger partial charge in [0.25, 0.3) is 0 Å². The molecule has 3 aromatic rings. The van der Waals surface area contributed by atoms with Crippen LogP contribution in [-0.2, 0) is 21.4 Å². The highest BCUT2D eigenvalue weighted by atomic mass is 32.1. The van der Waals surface area contributed by atoms with Crippen LogP contribution in [0.15, 0.2) is 52.4 Å². The van der Waals surface area contributed by atoms with E-state index in [2.05, 4.69) is 20.8 Å². The lowest BCUT2D eigenvalue weighted by atomic mass is 9.92. The van der Waals surface area contributed by atoms with E-state index in [9.17, 15) is 9.59 Å². The molecule has 2 amide bonds. The van der Waals surface area contributed by atoms with Crippen molar-refractivity contribution in [3.05, 3.63) is 64.8 Å². The zero-order valence-electron chi connectivity index (χ0n) is 16.4. The first-order chi connectivity index (χ1) is 13.8. The zero-order chi connectivity index (χ0) is 20.9. The molecule has 0 radical (unpaired) electrons. The summed E-state index contributed by atoms with van der Waals surface area (Å²) in [7, 11) is 0. The van der Waals surface area contributed by atoms with Crippen LogP contribution in [0.5, 0.6) is 0 Å². The topological polar surface area (TPSA) is 97.1 Å². The summed E-state index contributed by atoms with van der Waals surface area (Å²) in [5.41, 5.74) is 2.09. The van der Waals surface area contributed by atoms with Crippen LogP contribution in [0.2, 0.25) is 0 Å². The van der Waals surface area contributed by atoms with E-state index in [1.807, 2.05) is 51.1 Å². The van der Waals surface area contributed by atoms with Crippen LogP contribution in [-0.4, -0.2) is 22.0 Å². The van der Waals surface area contributed by atoms with Gasteiger partial charge in [0.05, 0.1) is 17.8 Å². The molecule has 2 N–H and O–H groups in total. The van der Waals surface area contributed by atoms with Crippen molar-refractivity contribution in [3.63, 3.8) is 0 Å². The van der Waals surface area contributed by atoms with Gasteiger partial charge in [-0.15, -0.1) is 11.3 Å². The average Bonchev–Trinajstić information content (AvgIpc) is 3.30. The minimum absolute atomic E-state index is 0.0672. The standard InChI is InChI=1S/C21H22N4O3S/c1-21(2,3)16-12-19(28-25-16)23-18(27)11-15-13-29-20(22-15)24-17(26)10-9-14-7-5-4-6-8-14/h4-10,12-13H,11H2,1-3H3,(H,23,27)(H,22,24,26)/b10-9+. The Labute approximate surface area is 172 Å². The molecule has 0 unspecified atom stereocenters. The number of benzene rings is 1. The first kappa shape index (κ1) is 20.5. The Morgan fingerprint density at radius 1 is 1.17 bits per heavy atom. The van der Waals surface area contributed by atoms with Gasteiger partial charge in [0.1, 0.15) is 0 Å². The maximum atomic E-state index is 12.2. The highest BCUT2D eigenvalue weighted by Crippen LogP contribution is 2.24. The van der Waals surface area contributed by atoms with Crippen molar-refractivity contribution >= 4 is 40.2 Å². The molecular weight excluding hydrogens is 388 g/mol. The fraction of sp³-hybridized carbons (Fsp3) is 0.238. The number of nitrogens with one attached hydrogen (secondary N) is 2. The summed E-state index contributed by atoms with van der Waals surface area (Å²) in [6.07, 6.45) is 3.23. The van der Waals surface area contributed by atoms with Gasteiger partial charge in [0.2, 0.25) is 17.7 Å². The summed E-state index contributed by atoms with van der Waals surface area (Å²) in [6, 6.07) is 11.2. The molecule has 2 aromatic heterocycles. The molecule has 1 aromatic carbocycles. The molecule has 150 valence electrons. The van der Waals surface area contributed by atoms with Crippen molar-refractivity contribution < 1.29 is 14.1 Å². The molecule has 7 nitrogen and oxygen atoms in total. The number of carbonyl (C=O) groups is 2.